The number of nitrogens with zero attached hydrogens (tertiary/aromatic N) is 1. The van der Waals surface area contributed by atoms with Crippen molar-refractivity contribution in [3.63, 3.8) is 0 Å². The molecule has 1 heterocycles. The predicted molar refractivity (Wildman–Crippen MR) is 91.6 cm³/mol. The summed E-state index contributed by atoms with van der Waals surface area (Å²) in [6.45, 7) is 1.45. The Bertz CT molecular complexity index is 547. The highest BCUT2D eigenvalue weighted by Crippen LogP contribution is 2.25. The molecule has 1 aliphatic heterocycles. The van der Waals surface area contributed by atoms with E-state index in [1.807, 2.05) is 35.2 Å². The average Bonchev–Trinajstić information content (AvgIpc) is 3.16. The van der Waals surface area contributed by atoms with Crippen molar-refractivity contribution >= 4 is 11.8 Å². The fraction of sp³-hybridized carbons (Fsp3) is 0.579. The second kappa shape index (κ2) is 8.18. The summed E-state index contributed by atoms with van der Waals surface area (Å²) in [7, 11) is 0. The Balaban J connectivity index is 1.38. The van der Waals surface area contributed by atoms with Crippen molar-refractivity contribution in [2.75, 3.05) is 19.7 Å². The third-order valence-electron chi connectivity index (χ3n) is 5.03. The number of para-hydroxylation sites is 1. The van der Waals surface area contributed by atoms with Gasteiger partial charge in [0.15, 0.2) is 6.61 Å². The van der Waals surface area contributed by atoms with E-state index in [0.717, 1.165) is 25.7 Å². The molecule has 2 amide bonds. The van der Waals surface area contributed by atoms with E-state index >= 15 is 0 Å². The molecule has 0 aromatic heterocycles. The number of ether oxygens (including phenoxy) is 1. The number of amides is 2. The van der Waals surface area contributed by atoms with Crippen LogP contribution < -0.4 is 10.1 Å². The first-order valence-corrected chi connectivity index (χ1v) is 8.98. The number of carbonyl (C=O) groups is 2. The normalized spacial score (nSPS) is 19.2. The van der Waals surface area contributed by atoms with Gasteiger partial charge in [0.1, 0.15) is 5.75 Å². The molecule has 5 nitrogen and oxygen atoms in total. The first-order valence-electron chi connectivity index (χ1n) is 8.98. The van der Waals surface area contributed by atoms with Gasteiger partial charge in [-0.1, -0.05) is 31.0 Å². The van der Waals surface area contributed by atoms with Crippen LogP contribution in [0.15, 0.2) is 30.3 Å². The molecule has 0 unspecified atom stereocenters. The molecular formula is C19H26N2O3. The van der Waals surface area contributed by atoms with E-state index in [1.54, 1.807) is 0 Å². The van der Waals surface area contributed by atoms with Crippen molar-refractivity contribution in [3.05, 3.63) is 30.3 Å². The van der Waals surface area contributed by atoms with Crippen LogP contribution in [0.5, 0.6) is 5.75 Å². The summed E-state index contributed by atoms with van der Waals surface area (Å²) in [5.74, 6) is 1.15. The predicted octanol–water partition coefficient (Wildman–Crippen LogP) is 2.36. The average molecular weight is 330 g/mol. The maximum absolute atomic E-state index is 12.2. The van der Waals surface area contributed by atoms with E-state index < -0.39 is 0 Å². The lowest BCUT2D eigenvalue weighted by atomic mass is 10.0. The molecule has 0 bridgehead atoms. The number of rotatable bonds is 5. The summed E-state index contributed by atoms with van der Waals surface area (Å²) >= 11 is 0. The lowest BCUT2D eigenvalue weighted by Gasteiger charge is -2.32. The molecule has 2 aliphatic rings. The molecule has 1 N–H and O–H groups in total. The summed E-state index contributed by atoms with van der Waals surface area (Å²) in [6.07, 6.45) is 6.06. The van der Waals surface area contributed by atoms with Crippen molar-refractivity contribution < 1.29 is 14.3 Å². The summed E-state index contributed by atoms with van der Waals surface area (Å²) in [5.41, 5.74) is 0. The summed E-state index contributed by atoms with van der Waals surface area (Å²) in [4.78, 5) is 26.2. The Morgan fingerprint density at radius 3 is 2.38 bits per heavy atom. The van der Waals surface area contributed by atoms with Crippen LogP contribution in [0.4, 0.5) is 0 Å². The van der Waals surface area contributed by atoms with Crippen molar-refractivity contribution in [1.29, 1.82) is 0 Å². The standard InChI is InChI=1S/C19H26N2O3/c22-18(14-24-17-8-2-1-3-9-17)21-12-10-16(11-13-21)20-19(23)15-6-4-5-7-15/h1-3,8-9,15-16H,4-7,10-14H2,(H,20,23). The molecule has 0 radical (unpaired) electrons. The summed E-state index contributed by atoms with van der Waals surface area (Å²) in [6, 6.07) is 9.59. The molecule has 1 aliphatic carbocycles. The number of likely N-dealkylation sites (tertiary alicyclic amines) is 1. The zero-order chi connectivity index (χ0) is 16.8. The molecular weight excluding hydrogens is 304 g/mol. The SMILES string of the molecule is O=C(NC1CCN(C(=O)COc2ccccc2)CC1)C1CCCC1. The maximum Gasteiger partial charge on any atom is 0.260 e. The number of piperidine rings is 1. The number of nitrogens with one attached hydrogen (secondary N) is 1. The topological polar surface area (TPSA) is 58.6 Å². The molecule has 5 heteroatoms. The van der Waals surface area contributed by atoms with Gasteiger partial charge in [0, 0.05) is 25.0 Å². The van der Waals surface area contributed by atoms with Crippen LogP contribution in [-0.4, -0.2) is 42.5 Å². The van der Waals surface area contributed by atoms with Gasteiger partial charge in [-0.3, -0.25) is 9.59 Å². The minimum atomic E-state index is 0.0134. The maximum atomic E-state index is 12.2. The number of carbonyl (C=O) groups excluding carboxylic acids is 2. The molecule has 1 saturated carbocycles. The smallest absolute Gasteiger partial charge is 0.260 e. The molecule has 0 atom stereocenters. The third-order valence-corrected chi connectivity index (χ3v) is 5.03. The highest BCUT2D eigenvalue weighted by atomic mass is 16.5. The quantitative estimate of drug-likeness (QED) is 0.902. The van der Waals surface area contributed by atoms with Gasteiger partial charge in [0.25, 0.3) is 5.91 Å². The van der Waals surface area contributed by atoms with E-state index in [4.69, 9.17) is 4.74 Å². The minimum Gasteiger partial charge on any atom is -0.484 e. The van der Waals surface area contributed by atoms with Crippen LogP contribution >= 0.6 is 0 Å². The second-order valence-electron chi connectivity index (χ2n) is 6.75. The molecule has 1 saturated heterocycles. The minimum absolute atomic E-state index is 0.0134. The van der Waals surface area contributed by atoms with Gasteiger partial charge in [0.05, 0.1) is 0 Å². The third kappa shape index (κ3) is 4.49. The van der Waals surface area contributed by atoms with Crippen molar-refractivity contribution in [2.45, 2.75) is 44.6 Å². The van der Waals surface area contributed by atoms with E-state index in [1.165, 1.54) is 12.8 Å². The molecule has 1 aromatic carbocycles. The van der Waals surface area contributed by atoms with Crippen molar-refractivity contribution in [1.82, 2.24) is 10.2 Å². The van der Waals surface area contributed by atoms with Gasteiger partial charge in [0.2, 0.25) is 5.91 Å². The molecule has 2 fully saturated rings. The fourth-order valence-electron chi connectivity index (χ4n) is 3.53. The van der Waals surface area contributed by atoms with Crippen LogP contribution in [0.2, 0.25) is 0 Å². The largest absolute Gasteiger partial charge is 0.484 e. The van der Waals surface area contributed by atoms with E-state index in [9.17, 15) is 9.59 Å². The fourth-order valence-corrected chi connectivity index (χ4v) is 3.53. The van der Waals surface area contributed by atoms with Gasteiger partial charge in [-0.25, -0.2) is 0 Å². The Morgan fingerprint density at radius 1 is 1.04 bits per heavy atom. The van der Waals surface area contributed by atoms with Gasteiger partial charge < -0.3 is 15.0 Å². The Kier molecular flexibility index (Phi) is 5.72. The Hall–Kier alpha value is -2.04. The Labute approximate surface area is 143 Å². The zero-order valence-electron chi connectivity index (χ0n) is 14.1. The number of benzene rings is 1. The van der Waals surface area contributed by atoms with Crippen molar-refractivity contribution in [2.24, 2.45) is 5.92 Å². The first-order chi connectivity index (χ1) is 11.7. The van der Waals surface area contributed by atoms with E-state index in [2.05, 4.69) is 5.32 Å². The van der Waals surface area contributed by atoms with Crippen LogP contribution in [0.1, 0.15) is 38.5 Å². The van der Waals surface area contributed by atoms with E-state index in [-0.39, 0.29) is 30.4 Å². The van der Waals surface area contributed by atoms with Crippen LogP contribution in [0, 0.1) is 5.92 Å². The number of hydrogen-bond donors (Lipinski definition) is 1. The molecule has 24 heavy (non-hydrogen) atoms. The monoisotopic (exact) mass is 330 g/mol. The molecule has 0 spiro atoms. The van der Waals surface area contributed by atoms with Gasteiger partial charge in [-0.15, -0.1) is 0 Å². The van der Waals surface area contributed by atoms with Crippen LogP contribution in [-0.2, 0) is 9.59 Å². The summed E-state index contributed by atoms with van der Waals surface area (Å²) in [5, 5.41) is 3.17. The lowest BCUT2D eigenvalue weighted by molar-refractivity contribution is -0.134. The molecule has 3 rings (SSSR count). The Morgan fingerprint density at radius 2 is 1.71 bits per heavy atom. The lowest BCUT2D eigenvalue weighted by Crippen LogP contribution is -2.48. The highest BCUT2D eigenvalue weighted by Gasteiger charge is 2.28. The zero-order valence-corrected chi connectivity index (χ0v) is 14.1. The number of hydrogen-bond acceptors (Lipinski definition) is 3. The summed E-state index contributed by atoms with van der Waals surface area (Å²) < 4.78 is 5.52. The van der Waals surface area contributed by atoms with E-state index in [0.29, 0.717) is 18.8 Å². The van der Waals surface area contributed by atoms with Crippen molar-refractivity contribution in [3.8, 4) is 5.75 Å². The van der Waals surface area contributed by atoms with Crippen LogP contribution in [0.25, 0.3) is 0 Å². The van der Waals surface area contributed by atoms with Gasteiger partial charge in [-0.05, 0) is 37.8 Å². The first kappa shape index (κ1) is 16.8. The molecule has 130 valence electrons. The van der Waals surface area contributed by atoms with Gasteiger partial charge >= 0.3 is 0 Å². The van der Waals surface area contributed by atoms with Crippen LogP contribution in [0.3, 0.4) is 0 Å². The van der Waals surface area contributed by atoms with Gasteiger partial charge in [-0.2, -0.15) is 0 Å². The highest BCUT2D eigenvalue weighted by molar-refractivity contribution is 5.79. The second-order valence-corrected chi connectivity index (χ2v) is 6.75. The molecule has 1 aromatic rings.